The number of hydrogen-bond acceptors (Lipinski definition) is 4. The third kappa shape index (κ3) is 2.16. The molecule has 2 aromatic rings. The lowest BCUT2D eigenvalue weighted by molar-refractivity contribution is 0.0999. The molecular formula is C15H16N4O2. The summed E-state index contributed by atoms with van der Waals surface area (Å²) in [4.78, 5) is 15.6. The number of nitrogens with zero attached hydrogens (tertiary/aromatic N) is 3. The summed E-state index contributed by atoms with van der Waals surface area (Å²) < 4.78 is 7.26. The smallest absolute Gasteiger partial charge is 0.252 e. The summed E-state index contributed by atoms with van der Waals surface area (Å²) in [6.45, 7) is 0.724. The minimum Gasteiger partial charge on any atom is -0.476 e. The molecular weight excluding hydrogens is 268 g/mol. The van der Waals surface area contributed by atoms with Gasteiger partial charge in [-0.15, -0.1) is 5.10 Å². The fraction of sp³-hybridized carbons (Fsp3) is 0.400. The van der Waals surface area contributed by atoms with Crippen LogP contribution in [0.1, 0.15) is 29.6 Å². The Kier molecular flexibility index (Phi) is 2.54. The number of carbonyl (C=O) groups is 1. The van der Waals surface area contributed by atoms with Crippen molar-refractivity contribution in [3.8, 4) is 11.7 Å². The molecule has 1 atom stereocenters. The second kappa shape index (κ2) is 4.31. The van der Waals surface area contributed by atoms with E-state index in [1.165, 1.54) is 23.9 Å². The van der Waals surface area contributed by atoms with E-state index < -0.39 is 5.91 Å². The monoisotopic (exact) mass is 284 g/mol. The van der Waals surface area contributed by atoms with Crippen molar-refractivity contribution in [2.75, 3.05) is 6.61 Å². The molecule has 1 unspecified atom stereocenters. The zero-order valence-corrected chi connectivity index (χ0v) is 11.5. The number of aromatic nitrogens is 3. The van der Waals surface area contributed by atoms with Gasteiger partial charge in [0.05, 0.1) is 12.2 Å². The van der Waals surface area contributed by atoms with Crippen molar-refractivity contribution >= 4 is 5.91 Å². The second-order valence-electron chi connectivity index (χ2n) is 5.91. The Labute approximate surface area is 121 Å². The molecule has 0 aliphatic heterocycles. The highest BCUT2D eigenvalue weighted by atomic mass is 16.5. The number of rotatable bonds is 5. The van der Waals surface area contributed by atoms with Crippen molar-refractivity contribution in [2.24, 2.45) is 17.1 Å². The van der Waals surface area contributed by atoms with Gasteiger partial charge in [-0.05, 0) is 42.7 Å². The van der Waals surface area contributed by atoms with E-state index in [4.69, 9.17) is 10.5 Å². The number of nitrogens with two attached hydrogens (primary N) is 1. The third-order valence-corrected chi connectivity index (χ3v) is 4.52. The van der Waals surface area contributed by atoms with E-state index in [9.17, 15) is 4.79 Å². The second-order valence-corrected chi connectivity index (χ2v) is 5.91. The summed E-state index contributed by atoms with van der Waals surface area (Å²) in [5.74, 6) is 1.15. The Morgan fingerprint density at radius 1 is 1.48 bits per heavy atom. The molecule has 0 aromatic carbocycles. The van der Waals surface area contributed by atoms with E-state index in [-0.39, 0.29) is 0 Å². The first-order valence-corrected chi connectivity index (χ1v) is 7.12. The number of primary amides is 1. The van der Waals surface area contributed by atoms with Crippen LogP contribution >= 0.6 is 0 Å². The molecule has 1 spiro atoms. The molecule has 108 valence electrons. The van der Waals surface area contributed by atoms with Gasteiger partial charge in [-0.25, -0.2) is 9.67 Å². The van der Waals surface area contributed by atoms with Crippen LogP contribution in [0.15, 0.2) is 30.6 Å². The van der Waals surface area contributed by atoms with E-state index in [1.807, 2.05) is 0 Å². The number of carbonyl (C=O) groups excluding carboxylic acids is 1. The Hall–Kier alpha value is -2.37. The van der Waals surface area contributed by atoms with Gasteiger partial charge in [0.2, 0.25) is 5.88 Å². The lowest BCUT2D eigenvalue weighted by atomic mass is 10.2. The lowest BCUT2D eigenvalue weighted by Crippen LogP contribution is -2.16. The highest BCUT2D eigenvalue weighted by Gasteiger charge is 2.62. The van der Waals surface area contributed by atoms with Gasteiger partial charge in [-0.2, -0.15) is 0 Å². The summed E-state index contributed by atoms with van der Waals surface area (Å²) >= 11 is 0. The third-order valence-electron chi connectivity index (χ3n) is 4.52. The average molecular weight is 284 g/mol. The van der Waals surface area contributed by atoms with Crippen LogP contribution in [0.5, 0.6) is 5.88 Å². The van der Waals surface area contributed by atoms with Gasteiger partial charge in [0.25, 0.3) is 5.91 Å². The SMILES string of the molecule is NC(=O)c1cccnc1-n1ccc(OCC2CC23CC3)n1. The molecule has 2 aromatic heterocycles. The van der Waals surface area contributed by atoms with Crippen LogP contribution in [-0.2, 0) is 0 Å². The summed E-state index contributed by atoms with van der Waals surface area (Å²) in [5.41, 5.74) is 6.32. The van der Waals surface area contributed by atoms with Gasteiger partial charge in [-0.1, -0.05) is 0 Å². The van der Waals surface area contributed by atoms with Crippen molar-refractivity contribution in [3.05, 3.63) is 36.2 Å². The largest absolute Gasteiger partial charge is 0.476 e. The van der Waals surface area contributed by atoms with Gasteiger partial charge in [0.15, 0.2) is 5.82 Å². The first-order valence-electron chi connectivity index (χ1n) is 7.12. The van der Waals surface area contributed by atoms with E-state index in [0.29, 0.717) is 28.6 Å². The molecule has 2 aliphatic rings. The maximum absolute atomic E-state index is 11.4. The van der Waals surface area contributed by atoms with Crippen molar-refractivity contribution < 1.29 is 9.53 Å². The van der Waals surface area contributed by atoms with Crippen LogP contribution < -0.4 is 10.5 Å². The predicted molar refractivity (Wildman–Crippen MR) is 75.1 cm³/mol. The highest BCUT2D eigenvalue weighted by Crippen LogP contribution is 2.70. The van der Waals surface area contributed by atoms with Crippen molar-refractivity contribution in [1.82, 2.24) is 14.8 Å². The molecule has 4 rings (SSSR count). The maximum atomic E-state index is 11.4. The topological polar surface area (TPSA) is 83.0 Å². The quantitative estimate of drug-likeness (QED) is 0.902. The van der Waals surface area contributed by atoms with Crippen LogP contribution in [0, 0.1) is 11.3 Å². The fourth-order valence-corrected chi connectivity index (χ4v) is 2.90. The van der Waals surface area contributed by atoms with Gasteiger partial charge in [0, 0.05) is 18.5 Å². The van der Waals surface area contributed by atoms with E-state index in [2.05, 4.69) is 10.1 Å². The molecule has 1 amide bonds. The zero-order chi connectivity index (χ0) is 14.4. The van der Waals surface area contributed by atoms with Crippen LogP contribution in [0.4, 0.5) is 0 Å². The molecule has 21 heavy (non-hydrogen) atoms. The van der Waals surface area contributed by atoms with Crippen molar-refractivity contribution in [3.63, 3.8) is 0 Å². The van der Waals surface area contributed by atoms with Crippen LogP contribution in [-0.4, -0.2) is 27.3 Å². The molecule has 0 radical (unpaired) electrons. The molecule has 2 aliphatic carbocycles. The van der Waals surface area contributed by atoms with Gasteiger partial charge < -0.3 is 10.5 Å². The van der Waals surface area contributed by atoms with E-state index in [1.54, 1.807) is 30.6 Å². The van der Waals surface area contributed by atoms with Crippen LogP contribution in [0.3, 0.4) is 0 Å². The maximum Gasteiger partial charge on any atom is 0.252 e. The normalized spacial score (nSPS) is 21.2. The molecule has 2 fully saturated rings. The van der Waals surface area contributed by atoms with Gasteiger partial charge >= 0.3 is 0 Å². The zero-order valence-electron chi connectivity index (χ0n) is 11.5. The molecule has 2 N–H and O–H groups in total. The summed E-state index contributed by atoms with van der Waals surface area (Å²) in [6.07, 6.45) is 7.32. The number of ether oxygens (including phenoxy) is 1. The van der Waals surface area contributed by atoms with Gasteiger partial charge in [-0.3, -0.25) is 4.79 Å². The number of pyridine rings is 1. The standard InChI is InChI=1S/C15H16N4O2/c16-13(20)11-2-1-6-17-14(11)19-7-3-12(18-19)21-9-10-8-15(10)4-5-15/h1-3,6-7,10H,4-5,8-9H2,(H2,16,20). The molecule has 0 bridgehead atoms. The van der Waals surface area contributed by atoms with E-state index in [0.717, 1.165) is 6.61 Å². The number of hydrogen-bond donors (Lipinski definition) is 1. The van der Waals surface area contributed by atoms with Crippen LogP contribution in [0.2, 0.25) is 0 Å². The lowest BCUT2D eigenvalue weighted by Gasteiger charge is -2.05. The minimum absolute atomic E-state index is 0.339. The van der Waals surface area contributed by atoms with Crippen molar-refractivity contribution in [1.29, 1.82) is 0 Å². The summed E-state index contributed by atoms with van der Waals surface area (Å²) in [5, 5.41) is 4.32. The Morgan fingerprint density at radius 3 is 3.05 bits per heavy atom. The predicted octanol–water partition coefficient (Wildman–Crippen LogP) is 1.55. The Bertz CT molecular complexity index is 705. The number of amides is 1. The first-order chi connectivity index (χ1) is 10.2. The minimum atomic E-state index is -0.523. The van der Waals surface area contributed by atoms with Gasteiger partial charge in [0.1, 0.15) is 0 Å². The highest BCUT2D eigenvalue weighted by molar-refractivity contribution is 5.95. The first kappa shape index (κ1) is 12.4. The Morgan fingerprint density at radius 2 is 2.33 bits per heavy atom. The average Bonchev–Trinajstić information content (AvgIpc) is 3.36. The molecule has 2 heterocycles. The van der Waals surface area contributed by atoms with Crippen molar-refractivity contribution in [2.45, 2.75) is 19.3 Å². The molecule has 6 heteroatoms. The van der Waals surface area contributed by atoms with Crippen LogP contribution in [0.25, 0.3) is 5.82 Å². The molecule has 0 saturated heterocycles. The Balaban J connectivity index is 1.50. The summed E-state index contributed by atoms with van der Waals surface area (Å²) in [6, 6.07) is 5.09. The molecule has 2 saturated carbocycles. The molecule has 6 nitrogen and oxygen atoms in total. The summed E-state index contributed by atoms with van der Waals surface area (Å²) in [7, 11) is 0. The fourth-order valence-electron chi connectivity index (χ4n) is 2.90. The van der Waals surface area contributed by atoms with E-state index >= 15 is 0 Å².